The minimum Gasteiger partial charge on any atom is -0.311 e. The van der Waals surface area contributed by atoms with Gasteiger partial charge in [-0.2, -0.15) is 0 Å². The Balaban J connectivity index is 1.26. The number of thiophene rings is 1. The zero-order valence-electron chi connectivity index (χ0n) is 47.9. The zero-order valence-corrected chi connectivity index (χ0v) is 48.7. The van der Waals surface area contributed by atoms with Crippen molar-refractivity contribution < 1.29 is 0 Å². The number of aryl methyl sites for hydroxylation is 1. The molecule has 73 heavy (non-hydrogen) atoms. The molecule has 5 aliphatic rings. The van der Waals surface area contributed by atoms with E-state index in [1.165, 1.54) is 131 Å². The van der Waals surface area contributed by atoms with Gasteiger partial charge in [-0.15, -0.1) is 11.3 Å². The molecule has 0 radical (unpaired) electrons. The molecule has 0 saturated heterocycles. The number of hydrogen-bond acceptors (Lipinski definition) is 3. The third-order valence-corrected chi connectivity index (χ3v) is 19.9. The van der Waals surface area contributed by atoms with Crippen molar-refractivity contribution in [3.05, 3.63) is 147 Å². The first kappa shape index (κ1) is 50.4. The molecule has 3 unspecified atom stereocenters. The largest absolute Gasteiger partial charge is 0.311 e. The lowest BCUT2D eigenvalue weighted by Crippen LogP contribution is -2.61. The fraction of sp³-hybridized carbons (Fsp3) is 0.478. The van der Waals surface area contributed by atoms with Crippen LogP contribution in [0.2, 0.25) is 0 Å². The van der Waals surface area contributed by atoms with Gasteiger partial charge in [0.2, 0.25) is 0 Å². The van der Waals surface area contributed by atoms with E-state index < -0.39 is 0 Å². The Hall–Kier alpha value is -4.80. The Morgan fingerprint density at radius 1 is 0.726 bits per heavy atom. The predicted molar refractivity (Wildman–Crippen MR) is 322 cm³/mol. The number of hydrogen-bond donors (Lipinski definition) is 0. The van der Waals surface area contributed by atoms with E-state index in [-0.39, 0.29) is 39.2 Å². The second-order valence-electron chi connectivity index (χ2n) is 28.6. The summed E-state index contributed by atoms with van der Waals surface area (Å²) < 4.78 is 2.93. The first-order chi connectivity index (χ1) is 34.2. The lowest BCUT2D eigenvalue weighted by Gasteiger charge is -2.45. The molecule has 5 aromatic carbocycles. The average Bonchev–Trinajstić information content (AvgIpc) is 3.88. The minimum absolute atomic E-state index is 0.0267. The molecule has 0 N–H and O–H groups in total. The zero-order chi connectivity index (χ0) is 52.1. The molecule has 4 heteroatoms. The number of allylic oxidation sites excluding steroid dienone is 3. The number of nitrogens with zero attached hydrogens (tertiary/aromatic N) is 2. The molecular formula is C69H85BN2S. The van der Waals surface area contributed by atoms with Crippen LogP contribution in [-0.2, 0) is 27.1 Å². The maximum absolute atomic E-state index is 2.78. The molecule has 1 fully saturated rings. The molecule has 2 nitrogen and oxygen atoms in total. The summed E-state index contributed by atoms with van der Waals surface area (Å²) in [5, 5.41) is 1.44. The van der Waals surface area contributed by atoms with Gasteiger partial charge in [0.25, 0.3) is 6.71 Å². The summed E-state index contributed by atoms with van der Waals surface area (Å²) in [6, 6.07) is 35.4. The molecule has 0 spiro atoms. The van der Waals surface area contributed by atoms with Crippen LogP contribution in [0.25, 0.3) is 15.7 Å². The number of fused-ring (bicyclic) bond motifs is 11. The highest BCUT2D eigenvalue weighted by atomic mass is 32.1. The summed E-state index contributed by atoms with van der Waals surface area (Å²) in [6.45, 7) is 41.1. The molecule has 3 atom stereocenters. The van der Waals surface area contributed by atoms with Crippen LogP contribution in [0.5, 0.6) is 0 Å². The lowest BCUT2D eigenvalue weighted by atomic mass is 9.36. The first-order valence-electron chi connectivity index (χ1n) is 28.3. The Morgan fingerprint density at radius 3 is 2.07 bits per heavy atom. The van der Waals surface area contributed by atoms with E-state index in [9.17, 15) is 0 Å². The highest BCUT2D eigenvalue weighted by Gasteiger charge is 2.49. The lowest BCUT2D eigenvalue weighted by molar-refractivity contribution is 0.332. The van der Waals surface area contributed by atoms with Gasteiger partial charge in [0, 0.05) is 43.3 Å². The highest BCUT2D eigenvalue weighted by Crippen LogP contribution is 2.58. The van der Waals surface area contributed by atoms with Crippen molar-refractivity contribution in [3.8, 4) is 0 Å². The fourth-order valence-corrected chi connectivity index (χ4v) is 15.5. The highest BCUT2D eigenvalue weighted by molar-refractivity contribution is 7.33. The second kappa shape index (κ2) is 17.1. The van der Waals surface area contributed by atoms with Gasteiger partial charge in [-0.05, 0) is 206 Å². The fourth-order valence-electron chi connectivity index (χ4n) is 14.2. The maximum Gasteiger partial charge on any atom is 0.264 e. The maximum atomic E-state index is 2.78. The Morgan fingerprint density at radius 2 is 1.40 bits per heavy atom. The van der Waals surface area contributed by atoms with Crippen molar-refractivity contribution in [3.63, 3.8) is 0 Å². The van der Waals surface area contributed by atoms with Crippen molar-refractivity contribution in [2.45, 2.75) is 202 Å². The third-order valence-electron chi connectivity index (χ3n) is 18.7. The van der Waals surface area contributed by atoms with Crippen molar-refractivity contribution in [2.24, 2.45) is 11.3 Å². The first-order valence-corrected chi connectivity index (χ1v) is 29.2. The van der Waals surface area contributed by atoms with Gasteiger partial charge in [-0.25, -0.2) is 0 Å². The molecule has 6 aromatic rings. The van der Waals surface area contributed by atoms with Gasteiger partial charge < -0.3 is 9.80 Å². The molecule has 3 heterocycles. The summed E-state index contributed by atoms with van der Waals surface area (Å²) >= 11 is 2.10. The van der Waals surface area contributed by atoms with Crippen LogP contribution in [0, 0.1) is 18.3 Å². The number of anilines is 5. The van der Waals surface area contributed by atoms with E-state index in [2.05, 4.69) is 236 Å². The van der Waals surface area contributed by atoms with Gasteiger partial charge >= 0.3 is 0 Å². The molecule has 1 aromatic heterocycles. The standard InChI is InChI=1S/C69H85BN2S/c1-18-20-49(44-22-24-46(25-23-44)65(7,8)9)56(21-19-31-64(4,5)6)72-57-29-26-47(66(10,11)12)37-55(57)70-61-58(35-42(2)36-59(61)72)71(48-27-28-52-54(38-48)68(15,16)34-33-67(52,13)14)62-51-39-53-50(40-60(51)73-63(62)70)43(3)45-30-32-69(53,17)41-45/h19,21-29,35-40,43,45H,18,20,30-34,41H2,1-17H3/b21-19-,56-49-. The van der Waals surface area contributed by atoms with Crippen LogP contribution in [0.1, 0.15) is 213 Å². The van der Waals surface area contributed by atoms with E-state index in [1.54, 1.807) is 11.1 Å². The number of rotatable bonds is 7. The van der Waals surface area contributed by atoms with Crippen LogP contribution >= 0.6 is 11.3 Å². The van der Waals surface area contributed by atoms with Crippen molar-refractivity contribution >= 4 is 77.8 Å². The van der Waals surface area contributed by atoms with Gasteiger partial charge in [0.1, 0.15) is 0 Å². The molecule has 3 aliphatic carbocycles. The molecule has 2 aliphatic heterocycles. The Labute approximate surface area is 445 Å². The van der Waals surface area contributed by atoms with Crippen LogP contribution in [0.4, 0.5) is 28.4 Å². The summed E-state index contributed by atoms with van der Waals surface area (Å²) in [5.74, 6) is 1.36. The van der Waals surface area contributed by atoms with Crippen LogP contribution in [-0.4, -0.2) is 6.71 Å². The molecule has 11 rings (SSSR count). The van der Waals surface area contributed by atoms with Gasteiger partial charge in [0.05, 0.1) is 5.69 Å². The normalized spacial score (nSPS) is 22.0. The van der Waals surface area contributed by atoms with E-state index in [4.69, 9.17) is 0 Å². The SMILES string of the molecule is CCC/C(=C(\C=C/CC(C)(C)C)N1c2ccc(C(C)(C)C)cc2B2c3sc4cc5c(cc4c3N(c3ccc4c(c3)C(C)(C)CCC4(C)C)c3cc(C)cc1c32)C1(C)CCC(C1)C5C)c1ccc(C(C)(C)C)cc1. The van der Waals surface area contributed by atoms with Crippen molar-refractivity contribution in [2.75, 3.05) is 9.80 Å². The minimum atomic E-state index is -0.0267. The molecular weight excluding hydrogens is 900 g/mol. The van der Waals surface area contributed by atoms with Crippen LogP contribution in [0.3, 0.4) is 0 Å². The summed E-state index contributed by atoms with van der Waals surface area (Å²) in [4.78, 5) is 5.51. The summed E-state index contributed by atoms with van der Waals surface area (Å²) in [6.07, 6.45) is 14.4. The van der Waals surface area contributed by atoms with Crippen molar-refractivity contribution in [1.82, 2.24) is 0 Å². The topological polar surface area (TPSA) is 6.48 Å². The predicted octanol–water partition coefficient (Wildman–Crippen LogP) is 18.3. The van der Waals surface area contributed by atoms with Crippen LogP contribution < -0.4 is 25.5 Å². The Kier molecular flexibility index (Phi) is 11.8. The monoisotopic (exact) mass is 985 g/mol. The van der Waals surface area contributed by atoms with Gasteiger partial charge in [-0.1, -0.05) is 166 Å². The molecule has 380 valence electrons. The second-order valence-corrected chi connectivity index (χ2v) is 29.6. The van der Waals surface area contributed by atoms with Gasteiger partial charge in [-0.3, -0.25) is 0 Å². The number of benzene rings is 5. The summed E-state index contributed by atoms with van der Waals surface area (Å²) in [7, 11) is 0. The average molecular weight is 985 g/mol. The molecule has 0 amide bonds. The van der Waals surface area contributed by atoms with E-state index >= 15 is 0 Å². The van der Waals surface area contributed by atoms with E-state index in [1.807, 2.05) is 0 Å². The van der Waals surface area contributed by atoms with E-state index in [0.29, 0.717) is 5.92 Å². The van der Waals surface area contributed by atoms with Crippen molar-refractivity contribution in [1.29, 1.82) is 0 Å². The third kappa shape index (κ3) is 8.33. The Bertz CT molecular complexity index is 3260. The molecule has 2 bridgehead atoms. The quantitative estimate of drug-likeness (QED) is 0.116. The smallest absolute Gasteiger partial charge is 0.264 e. The molecule has 1 saturated carbocycles. The van der Waals surface area contributed by atoms with Gasteiger partial charge in [0.15, 0.2) is 0 Å². The van der Waals surface area contributed by atoms with E-state index in [0.717, 1.165) is 25.2 Å². The van der Waals surface area contributed by atoms with Crippen LogP contribution in [0.15, 0.2) is 103 Å². The summed E-state index contributed by atoms with van der Waals surface area (Å²) in [5.41, 5.74) is 24.5.